The summed E-state index contributed by atoms with van der Waals surface area (Å²) in [5.74, 6) is -0.251. The van der Waals surface area contributed by atoms with E-state index in [2.05, 4.69) is 10.3 Å². The van der Waals surface area contributed by atoms with Gasteiger partial charge in [0.25, 0.3) is 5.56 Å². The van der Waals surface area contributed by atoms with E-state index in [9.17, 15) is 18.0 Å². The highest BCUT2D eigenvalue weighted by Gasteiger charge is 2.25. The van der Waals surface area contributed by atoms with Crippen molar-refractivity contribution in [2.45, 2.75) is 18.7 Å². The molecule has 136 valence electrons. The Hall–Kier alpha value is -2.94. The molecule has 0 aliphatic carbocycles. The lowest BCUT2D eigenvalue weighted by molar-refractivity contribution is 0.103. The molecule has 0 saturated carbocycles. The molecule has 0 atom stereocenters. The number of sulfone groups is 1. The van der Waals surface area contributed by atoms with Crippen molar-refractivity contribution in [3.8, 4) is 11.3 Å². The molecule has 2 heterocycles. The highest BCUT2D eigenvalue weighted by atomic mass is 32.2. The first kappa shape index (κ1) is 17.9. The Labute approximate surface area is 149 Å². The average molecular weight is 375 g/mol. The second-order valence-electron chi connectivity index (χ2n) is 6.10. The summed E-state index contributed by atoms with van der Waals surface area (Å²) in [6.07, 6.45) is 2.41. The van der Waals surface area contributed by atoms with Crippen LogP contribution in [0.4, 0.5) is 0 Å². The Balaban J connectivity index is 2.28. The van der Waals surface area contributed by atoms with Gasteiger partial charge in [0.1, 0.15) is 5.56 Å². The van der Waals surface area contributed by atoms with Crippen molar-refractivity contribution in [2.75, 3.05) is 6.26 Å². The SMILES string of the molecule is Cc1cc(-c2c(S(C)(=O)=O)ccc(C(=O)c3c[nH]n(C)c3=O)c2C)on1. The molecule has 3 rings (SSSR count). The fourth-order valence-corrected chi connectivity index (χ4v) is 3.74. The van der Waals surface area contributed by atoms with Gasteiger partial charge in [-0.3, -0.25) is 14.3 Å². The van der Waals surface area contributed by atoms with E-state index in [1.54, 1.807) is 19.9 Å². The molecule has 0 fully saturated rings. The fourth-order valence-electron chi connectivity index (χ4n) is 2.80. The lowest BCUT2D eigenvalue weighted by Crippen LogP contribution is -2.20. The third-order valence-electron chi connectivity index (χ3n) is 4.13. The number of carbonyl (C=O) groups excluding carboxylic acids is 1. The number of ketones is 1. The first-order valence-corrected chi connectivity index (χ1v) is 9.57. The Morgan fingerprint density at radius 3 is 2.42 bits per heavy atom. The summed E-state index contributed by atoms with van der Waals surface area (Å²) in [7, 11) is -2.08. The van der Waals surface area contributed by atoms with Gasteiger partial charge in [0.2, 0.25) is 0 Å². The summed E-state index contributed by atoms with van der Waals surface area (Å²) in [5.41, 5.74) is 0.984. The predicted molar refractivity (Wildman–Crippen MR) is 94.0 cm³/mol. The summed E-state index contributed by atoms with van der Waals surface area (Å²) >= 11 is 0. The van der Waals surface area contributed by atoms with Crippen molar-refractivity contribution in [2.24, 2.45) is 7.05 Å². The van der Waals surface area contributed by atoms with E-state index in [-0.39, 0.29) is 27.3 Å². The Morgan fingerprint density at radius 2 is 1.92 bits per heavy atom. The number of nitrogens with zero attached hydrogens (tertiary/aromatic N) is 2. The molecule has 2 aromatic heterocycles. The van der Waals surface area contributed by atoms with Gasteiger partial charge in [-0.1, -0.05) is 5.16 Å². The second-order valence-corrected chi connectivity index (χ2v) is 8.08. The minimum absolute atomic E-state index is 0.0255. The quantitative estimate of drug-likeness (QED) is 0.693. The van der Waals surface area contributed by atoms with Gasteiger partial charge < -0.3 is 9.62 Å². The zero-order valence-electron chi connectivity index (χ0n) is 14.7. The number of aromatic amines is 1. The van der Waals surface area contributed by atoms with Crippen LogP contribution in [0.5, 0.6) is 0 Å². The van der Waals surface area contributed by atoms with Crippen molar-refractivity contribution < 1.29 is 17.7 Å². The van der Waals surface area contributed by atoms with Crippen LogP contribution in [0.25, 0.3) is 11.3 Å². The van der Waals surface area contributed by atoms with Crippen LogP contribution in [0.3, 0.4) is 0 Å². The molecule has 0 saturated heterocycles. The molecule has 0 spiro atoms. The van der Waals surface area contributed by atoms with Crippen LogP contribution in [0.2, 0.25) is 0 Å². The lowest BCUT2D eigenvalue weighted by Gasteiger charge is -2.12. The molecule has 8 nitrogen and oxygen atoms in total. The van der Waals surface area contributed by atoms with E-state index < -0.39 is 21.2 Å². The zero-order valence-corrected chi connectivity index (χ0v) is 15.5. The topological polar surface area (TPSA) is 115 Å². The van der Waals surface area contributed by atoms with Crippen LogP contribution < -0.4 is 5.56 Å². The van der Waals surface area contributed by atoms with E-state index in [4.69, 9.17) is 4.52 Å². The van der Waals surface area contributed by atoms with Gasteiger partial charge in [0, 0.05) is 36.7 Å². The zero-order chi connectivity index (χ0) is 19.2. The molecule has 1 aromatic carbocycles. The second kappa shape index (κ2) is 6.10. The van der Waals surface area contributed by atoms with Crippen molar-refractivity contribution in [3.05, 3.63) is 57.1 Å². The molecule has 9 heteroatoms. The maximum Gasteiger partial charge on any atom is 0.277 e. The van der Waals surface area contributed by atoms with Gasteiger partial charge in [0.05, 0.1) is 10.6 Å². The number of rotatable bonds is 4. The first-order valence-electron chi connectivity index (χ1n) is 7.67. The number of carbonyl (C=O) groups is 1. The normalized spacial score (nSPS) is 11.7. The highest BCUT2D eigenvalue weighted by Crippen LogP contribution is 2.33. The number of aryl methyl sites for hydroxylation is 2. The van der Waals surface area contributed by atoms with Crippen LogP contribution in [-0.2, 0) is 16.9 Å². The first-order chi connectivity index (χ1) is 12.1. The summed E-state index contributed by atoms with van der Waals surface area (Å²) in [4.78, 5) is 24.9. The molecule has 1 N–H and O–H groups in total. The monoisotopic (exact) mass is 375 g/mol. The van der Waals surface area contributed by atoms with Gasteiger partial charge in [-0.15, -0.1) is 0 Å². The van der Waals surface area contributed by atoms with Crippen molar-refractivity contribution in [1.29, 1.82) is 0 Å². The molecule has 3 aromatic rings. The predicted octanol–water partition coefficient (Wildman–Crippen LogP) is 1.62. The Bertz CT molecular complexity index is 1180. The average Bonchev–Trinajstić information content (AvgIpc) is 3.12. The molecule has 0 amide bonds. The van der Waals surface area contributed by atoms with Gasteiger partial charge in [-0.05, 0) is 31.5 Å². The van der Waals surface area contributed by atoms with Gasteiger partial charge >= 0.3 is 0 Å². The Morgan fingerprint density at radius 1 is 1.23 bits per heavy atom. The number of benzene rings is 1. The lowest BCUT2D eigenvalue weighted by atomic mass is 9.95. The van der Waals surface area contributed by atoms with E-state index >= 15 is 0 Å². The summed E-state index contributed by atoms with van der Waals surface area (Å²) in [6.45, 7) is 3.33. The number of hydrogen-bond acceptors (Lipinski definition) is 6. The van der Waals surface area contributed by atoms with Crippen LogP contribution in [0, 0.1) is 13.8 Å². The molecule has 0 aliphatic heterocycles. The summed E-state index contributed by atoms with van der Waals surface area (Å²) < 4.78 is 30.8. The molecule has 0 unspecified atom stereocenters. The van der Waals surface area contributed by atoms with Crippen LogP contribution in [0.15, 0.2) is 38.6 Å². The molecule has 26 heavy (non-hydrogen) atoms. The number of hydrogen-bond donors (Lipinski definition) is 1. The largest absolute Gasteiger partial charge is 0.356 e. The van der Waals surface area contributed by atoms with E-state index in [1.807, 2.05) is 0 Å². The molecule has 0 radical (unpaired) electrons. The molecule has 0 bridgehead atoms. The number of nitrogens with one attached hydrogen (secondary N) is 1. The van der Waals surface area contributed by atoms with Crippen LogP contribution in [0.1, 0.15) is 27.2 Å². The minimum atomic E-state index is -3.58. The minimum Gasteiger partial charge on any atom is -0.356 e. The highest BCUT2D eigenvalue weighted by molar-refractivity contribution is 7.90. The molecular weight excluding hydrogens is 358 g/mol. The van der Waals surface area contributed by atoms with E-state index in [1.165, 1.54) is 30.1 Å². The maximum atomic E-state index is 12.8. The van der Waals surface area contributed by atoms with E-state index in [0.29, 0.717) is 11.3 Å². The van der Waals surface area contributed by atoms with E-state index in [0.717, 1.165) is 6.26 Å². The van der Waals surface area contributed by atoms with Gasteiger partial charge in [0.15, 0.2) is 21.4 Å². The van der Waals surface area contributed by atoms with Gasteiger partial charge in [-0.25, -0.2) is 8.42 Å². The molecule has 0 aliphatic rings. The standard InChI is InChI=1S/C17H17N3O5S/c1-9-7-13(25-19-9)15-10(2)11(5-6-14(15)26(4,23)24)16(21)12-8-18-20(3)17(12)22/h5-8,18H,1-4H3. The van der Waals surface area contributed by atoms with Crippen LogP contribution >= 0.6 is 0 Å². The van der Waals surface area contributed by atoms with Crippen LogP contribution in [-0.4, -0.2) is 35.4 Å². The number of H-pyrrole nitrogens is 1. The summed E-state index contributed by atoms with van der Waals surface area (Å²) in [6, 6.07) is 4.35. The summed E-state index contributed by atoms with van der Waals surface area (Å²) in [5, 5.41) is 6.45. The maximum absolute atomic E-state index is 12.8. The molecular formula is C17H17N3O5S. The van der Waals surface area contributed by atoms with Crippen molar-refractivity contribution >= 4 is 15.6 Å². The smallest absolute Gasteiger partial charge is 0.277 e. The number of aromatic nitrogens is 3. The van der Waals surface area contributed by atoms with Crippen molar-refractivity contribution in [3.63, 3.8) is 0 Å². The Kier molecular flexibility index (Phi) is 4.19. The third kappa shape index (κ3) is 2.90. The third-order valence-corrected chi connectivity index (χ3v) is 5.27. The fraction of sp³-hybridized carbons (Fsp3) is 0.235. The van der Waals surface area contributed by atoms with Gasteiger partial charge in [-0.2, -0.15) is 0 Å². The van der Waals surface area contributed by atoms with Crippen molar-refractivity contribution in [1.82, 2.24) is 14.9 Å².